The Morgan fingerprint density at radius 2 is 1.94 bits per heavy atom. The van der Waals surface area contributed by atoms with Gasteiger partial charge in [0, 0.05) is 18.3 Å². The number of aryl methyl sites for hydroxylation is 2. The molecule has 3 heteroatoms. The second kappa shape index (κ2) is 5.71. The number of unbranched alkanes of at least 4 members (excludes halogenated alkanes) is 1. The first-order valence-corrected chi connectivity index (χ1v) is 6.42. The fourth-order valence-electron chi connectivity index (χ4n) is 1.96. The molecule has 0 N–H and O–H groups in total. The average Bonchev–Trinajstić information content (AvgIpc) is 2.78. The lowest BCUT2D eigenvalue weighted by atomic mass is 10.2. The van der Waals surface area contributed by atoms with Crippen LogP contribution in [0.2, 0.25) is 0 Å². The van der Waals surface area contributed by atoms with Gasteiger partial charge < -0.3 is 9.30 Å². The van der Waals surface area contributed by atoms with Crippen LogP contribution < -0.4 is 4.74 Å². The van der Waals surface area contributed by atoms with Crippen molar-refractivity contribution in [2.24, 2.45) is 0 Å². The molecule has 1 heterocycles. The van der Waals surface area contributed by atoms with E-state index in [0.29, 0.717) is 0 Å². The van der Waals surface area contributed by atoms with E-state index < -0.39 is 0 Å². The third-order valence-corrected chi connectivity index (χ3v) is 3.11. The molecule has 0 aliphatic heterocycles. The second-order valence-electron chi connectivity index (χ2n) is 4.45. The molecule has 0 unspecified atom stereocenters. The van der Waals surface area contributed by atoms with Gasteiger partial charge in [-0.1, -0.05) is 13.3 Å². The van der Waals surface area contributed by atoms with Gasteiger partial charge in [-0.05, 0) is 37.6 Å². The Labute approximate surface area is 108 Å². The minimum atomic E-state index is 0.876. The molecule has 96 valence electrons. The third kappa shape index (κ3) is 2.73. The van der Waals surface area contributed by atoms with E-state index in [2.05, 4.69) is 29.6 Å². The third-order valence-electron chi connectivity index (χ3n) is 3.11. The van der Waals surface area contributed by atoms with E-state index in [-0.39, 0.29) is 0 Å². The van der Waals surface area contributed by atoms with E-state index >= 15 is 0 Å². The molecule has 1 aromatic carbocycles. The SMILES string of the molecule is CCCCn1cc(-c2ccc(OC)cc2)nc1C. The summed E-state index contributed by atoms with van der Waals surface area (Å²) in [5.41, 5.74) is 2.17. The first-order valence-electron chi connectivity index (χ1n) is 6.42. The average molecular weight is 244 g/mol. The molecule has 0 bridgehead atoms. The largest absolute Gasteiger partial charge is 0.497 e. The lowest BCUT2D eigenvalue weighted by Crippen LogP contribution is -1.97. The van der Waals surface area contributed by atoms with Gasteiger partial charge in [-0.25, -0.2) is 4.98 Å². The molecular formula is C15H20N2O. The molecular weight excluding hydrogens is 224 g/mol. The number of methoxy groups -OCH3 is 1. The Bertz CT molecular complexity index is 500. The number of ether oxygens (including phenoxy) is 1. The molecule has 0 atom stereocenters. The van der Waals surface area contributed by atoms with Crippen LogP contribution in [0.4, 0.5) is 0 Å². The van der Waals surface area contributed by atoms with Gasteiger partial charge in [0.25, 0.3) is 0 Å². The van der Waals surface area contributed by atoms with Crippen LogP contribution in [0, 0.1) is 6.92 Å². The maximum Gasteiger partial charge on any atom is 0.118 e. The molecule has 2 rings (SSSR count). The van der Waals surface area contributed by atoms with Gasteiger partial charge >= 0.3 is 0 Å². The van der Waals surface area contributed by atoms with E-state index in [1.165, 1.54) is 12.8 Å². The summed E-state index contributed by atoms with van der Waals surface area (Å²) in [6.07, 6.45) is 4.53. The van der Waals surface area contributed by atoms with Crippen molar-refractivity contribution in [1.82, 2.24) is 9.55 Å². The van der Waals surface area contributed by atoms with Gasteiger partial charge in [-0.3, -0.25) is 0 Å². The molecule has 0 aliphatic carbocycles. The first kappa shape index (κ1) is 12.7. The van der Waals surface area contributed by atoms with Crippen LogP contribution in [0.3, 0.4) is 0 Å². The molecule has 0 radical (unpaired) electrons. The van der Waals surface area contributed by atoms with Crippen LogP contribution in [0.5, 0.6) is 5.75 Å². The highest BCUT2D eigenvalue weighted by atomic mass is 16.5. The summed E-state index contributed by atoms with van der Waals surface area (Å²) in [5, 5.41) is 0. The normalized spacial score (nSPS) is 10.6. The van der Waals surface area contributed by atoms with E-state index in [1.807, 2.05) is 24.3 Å². The Balaban J connectivity index is 2.21. The molecule has 0 spiro atoms. The summed E-state index contributed by atoms with van der Waals surface area (Å²) in [5.74, 6) is 1.95. The number of hydrogen-bond acceptors (Lipinski definition) is 2. The summed E-state index contributed by atoms with van der Waals surface area (Å²) in [4.78, 5) is 4.61. The zero-order chi connectivity index (χ0) is 13.0. The van der Waals surface area contributed by atoms with Crippen molar-refractivity contribution < 1.29 is 4.74 Å². The summed E-state index contributed by atoms with van der Waals surface area (Å²) < 4.78 is 7.39. The highest BCUT2D eigenvalue weighted by Crippen LogP contribution is 2.21. The molecule has 2 aromatic rings. The summed E-state index contributed by atoms with van der Waals surface area (Å²) in [6.45, 7) is 5.31. The Hall–Kier alpha value is -1.77. The van der Waals surface area contributed by atoms with Crippen molar-refractivity contribution in [3.05, 3.63) is 36.3 Å². The fourth-order valence-corrected chi connectivity index (χ4v) is 1.96. The zero-order valence-electron chi connectivity index (χ0n) is 11.3. The van der Waals surface area contributed by atoms with Crippen LogP contribution in [-0.2, 0) is 6.54 Å². The maximum absolute atomic E-state index is 5.16. The van der Waals surface area contributed by atoms with Crippen LogP contribution in [-0.4, -0.2) is 16.7 Å². The monoisotopic (exact) mass is 244 g/mol. The van der Waals surface area contributed by atoms with Crippen molar-refractivity contribution in [3.8, 4) is 17.0 Å². The van der Waals surface area contributed by atoms with Gasteiger partial charge in [0.15, 0.2) is 0 Å². The Kier molecular flexibility index (Phi) is 4.03. The molecule has 0 aliphatic rings. The standard InChI is InChI=1S/C15H20N2O/c1-4-5-10-17-11-15(16-12(17)2)13-6-8-14(18-3)9-7-13/h6-9,11H,4-5,10H2,1-3H3. The highest BCUT2D eigenvalue weighted by Gasteiger charge is 2.06. The van der Waals surface area contributed by atoms with Gasteiger partial charge in [-0.2, -0.15) is 0 Å². The minimum Gasteiger partial charge on any atom is -0.497 e. The number of benzene rings is 1. The quantitative estimate of drug-likeness (QED) is 0.802. The topological polar surface area (TPSA) is 27.1 Å². The van der Waals surface area contributed by atoms with Crippen LogP contribution >= 0.6 is 0 Å². The predicted octanol–water partition coefficient (Wildman–Crippen LogP) is 3.67. The molecule has 1 aromatic heterocycles. The molecule has 18 heavy (non-hydrogen) atoms. The van der Waals surface area contributed by atoms with Gasteiger partial charge in [0.05, 0.1) is 12.8 Å². The van der Waals surface area contributed by atoms with E-state index in [9.17, 15) is 0 Å². The van der Waals surface area contributed by atoms with Crippen molar-refractivity contribution >= 4 is 0 Å². The number of aromatic nitrogens is 2. The lowest BCUT2D eigenvalue weighted by molar-refractivity contribution is 0.415. The van der Waals surface area contributed by atoms with Crippen LogP contribution in [0.1, 0.15) is 25.6 Å². The fraction of sp³-hybridized carbons (Fsp3) is 0.400. The van der Waals surface area contributed by atoms with E-state index in [0.717, 1.165) is 29.4 Å². The summed E-state index contributed by atoms with van der Waals surface area (Å²) >= 11 is 0. The number of rotatable bonds is 5. The molecule has 3 nitrogen and oxygen atoms in total. The molecule has 0 amide bonds. The number of nitrogens with zero attached hydrogens (tertiary/aromatic N) is 2. The van der Waals surface area contributed by atoms with Crippen molar-refractivity contribution in [2.75, 3.05) is 7.11 Å². The van der Waals surface area contributed by atoms with Crippen molar-refractivity contribution in [2.45, 2.75) is 33.2 Å². The summed E-state index contributed by atoms with van der Waals surface area (Å²) in [7, 11) is 1.68. The van der Waals surface area contributed by atoms with Gasteiger partial charge in [0.2, 0.25) is 0 Å². The van der Waals surface area contributed by atoms with Crippen LogP contribution in [0.15, 0.2) is 30.5 Å². The molecule has 0 saturated carbocycles. The molecule has 0 saturated heterocycles. The van der Waals surface area contributed by atoms with Gasteiger partial charge in [0.1, 0.15) is 11.6 Å². The highest BCUT2D eigenvalue weighted by molar-refractivity contribution is 5.59. The predicted molar refractivity (Wildman–Crippen MR) is 73.9 cm³/mol. The Morgan fingerprint density at radius 3 is 2.56 bits per heavy atom. The minimum absolute atomic E-state index is 0.876. The number of hydrogen-bond donors (Lipinski definition) is 0. The zero-order valence-corrected chi connectivity index (χ0v) is 11.3. The van der Waals surface area contributed by atoms with Crippen molar-refractivity contribution in [3.63, 3.8) is 0 Å². The van der Waals surface area contributed by atoms with E-state index in [4.69, 9.17) is 4.74 Å². The van der Waals surface area contributed by atoms with Gasteiger partial charge in [-0.15, -0.1) is 0 Å². The maximum atomic E-state index is 5.16. The first-order chi connectivity index (χ1) is 8.74. The molecule has 0 fully saturated rings. The van der Waals surface area contributed by atoms with Crippen molar-refractivity contribution in [1.29, 1.82) is 0 Å². The Morgan fingerprint density at radius 1 is 1.22 bits per heavy atom. The van der Waals surface area contributed by atoms with Crippen LogP contribution in [0.25, 0.3) is 11.3 Å². The van der Waals surface area contributed by atoms with E-state index in [1.54, 1.807) is 7.11 Å². The second-order valence-corrected chi connectivity index (χ2v) is 4.45. The smallest absolute Gasteiger partial charge is 0.118 e. The number of imidazole rings is 1. The summed E-state index contributed by atoms with van der Waals surface area (Å²) in [6, 6.07) is 8.03. The lowest BCUT2D eigenvalue weighted by Gasteiger charge is -2.02.